The second kappa shape index (κ2) is 3.47. The van der Waals surface area contributed by atoms with Gasteiger partial charge in [-0.05, 0) is 24.3 Å². The van der Waals surface area contributed by atoms with Gasteiger partial charge in [-0.2, -0.15) is 0 Å². The Balaban J connectivity index is 2.18. The molecular weight excluding hydrogens is 246 g/mol. The third-order valence-electron chi connectivity index (χ3n) is 2.11. The summed E-state index contributed by atoms with van der Waals surface area (Å²) in [7, 11) is 0. The number of nitrogens with zero attached hydrogens (tertiary/aromatic N) is 3. The van der Waals surface area contributed by atoms with Crippen LogP contribution in [-0.4, -0.2) is 19.7 Å². The number of rotatable bonds is 1. The Morgan fingerprint density at radius 2 is 2.12 bits per heavy atom. The van der Waals surface area contributed by atoms with E-state index in [9.17, 15) is 5.11 Å². The van der Waals surface area contributed by atoms with Crippen LogP contribution in [0.2, 0.25) is 4.34 Å². The van der Waals surface area contributed by atoms with Gasteiger partial charge >= 0.3 is 0 Å². The Kier molecular flexibility index (Phi) is 2.08. The van der Waals surface area contributed by atoms with Crippen molar-refractivity contribution in [1.29, 1.82) is 0 Å². The molecule has 1 N–H and O–H groups in total. The second-order valence-corrected chi connectivity index (χ2v) is 4.94. The van der Waals surface area contributed by atoms with E-state index in [1.807, 2.05) is 12.1 Å². The highest BCUT2D eigenvalue weighted by Gasteiger charge is 2.08. The lowest BCUT2D eigenvalue weighted by Gasteiger charge is -1.90. The molecule has 16 heavy (non-hydrogen) atoms. The Bertz CT molecular complexity index is 661. The first kappa shape index (κ1) is 9.62. The van der Waals surface area contributed by atoms with Gasteiger partial charge in [0.15, 0.2) is 11.5 Å². The van der Waals surface area contributed by atoms with Crippen LogP contribution in [0.1, 0.15) is 0 Å². The van der Waals surface area contributed by atoms with Gasteiger partial charge in [0.05, 0.1) is 15.4 Å². The SMILES string of the molecule is Oc1ccc2nc(-c3ccc(Cl)s3)nn2c1. The monoisotopic (exact) mass is 251 g/mol. The van der Waals surface area contributed by atoms with Crippen LogP contribution in [0.5, 0.6) is 5.75 Å². The van der Waals surface area contributed by atoms with E-state index < -0.39 is 0 Å². The molecule has 0 spiro atoms. The summed E-state index contributed by atoms with van der Waals surface area (Å²) in [5, 5.41) is 13.6. The highest BCUT2D eigenvalue weighted by Crippen LogP contribution is 2.29. The van der Waals surface area contributed by atoms with Crippen LogP contribution < -0.4 is 0 Å². The lowest BCUT2D eigenvalue weighted by atomic mass is 10.4. The van der Waals surface area contributed by atoms with Crippen LogP contribution in [0, 0.1) is 0 Å². The fourth-order valence-electron chi connectivity index (χ4n) is 1.41. The van der Waals surface area contributed by atoms with Crippen molar-refractivity contribution in [2.45, 2.75) is 0 Å². The first-order chi connectivity index (χ1) is 7.72. The number of aromatic hydroxyl groups is 1. The lowest BCUT2D eigenvalue weighted by Crippen LogP contribution is -1.84. The van der Waals surface area contributed by atoms with E-state index in [-0.39, 0.29) is 5.75 Å². The summed E-state index contributed by atoms with van der Waals surface area (Å²) in [6, 6.07) is 6.97. The molecule has 4 nitrogen and oxygen atoms in total. The molecule has 0 bridgehead atoms. The average Bonchev–Trinajstić information content (AvgIpc) is 2.83. The molecule has 6 heteroatoms. The molecule has 0 unspecified atom stereocenters. The highest BCUT2D eigenvalue weighted by atomic mass is 35.5. The van der Waals surface area contributed by atoms with Gasteiger partial charge < -0.3 is 5.11 Å². The first-order valence-electron chi connectivity index (χ1n) is 4.53. The molecule has 0 aliphatic carbocycles. The van der Waals surface area contributed by atoms with Gasteiger partial charge in [-0.3, -0.25) is 0 Å². The highest BCUT2D eigenvalue weighted by molar-refractivity contribution is 7.19. The van der Waals surface area contributed by atoms with Crippen molar-refractivity contribution in [3.63, 3.8) is 0 Å². The number of thiophene rings is 1. The van der Waals surface area contributed by atoms with Crippen molar-refractivity contribution in [2.75, 3.05) is 0 Å². The summed E-state index contributed by atoms with van der Waals surface area (Å²) < 4.78 is 2.25. The second-order valence-electron chi connectivity index (χ2n) is 3.23. The standard InChI is InChI=1S/C10H6ClN3OS/c11-8-3-2-7(16-8)10-12-9-4-1-6(15)5-14(9)13-10/h1-5,15H. The van der Waals surface area contributed by atoms with Gasteiger partial charge in [-0.25, -0.2) is 9.50 Å². The molecule has 0 saturated carbocycles. The van der Waals surface area contributed by atoms with Gasteiger partial charge in [0, 0.05) is 0 Å². The normalized spacial score (nSPS) is 11.1. The molecule has 0 aromatic carbocycles. The Morgan fingerprint density at radius 1 is 1.25 bits per heavy atom. The summed E-state index contributed by atoms with van der Waals surface area (Å²) in [4.78, 5) is 5.24. The number of fused-ring (bicyclic) bond motifs is 1. The number of pyridine rings is 1. The fourth-order valence-corrected chi connectivity index (χ4v) is 2.38. The van der Waals surface area contributed by atoms with Crippen LogP contribution in [0.25, 0.3) is 16.3 Å². The number of halogens is 1. The maximum atomic E-state index is 9.31. The number of hydrogen-bond acceptors (Lipinski definition) is 4. The topological polar surface area (TPSA) is 50.4 Å². The van der Waals surface area contributed by atoms with Gasteiger partial charge in [0.25, 0.3) is 0 Å². The molecule has 80 valence electrons. The Labute approximate surface area is 99.8 Å². The largest absolute Gasteiger partial charge is 0.506 e. The van der Waals surface area contributed by atoms with Gasteiger partial charge in [0.2, 0.25) is 0 Å². The number of aromatic nitrogens is 3. The summed E-state index contributed by atoms with van der Waals surface area (Å²) in [5.74, 6) is 0.774. The van der Waals surface area contributed by atoms with Crippen molar-refractivity contribution >= 4 is 28.6 Å². The summed E-state index contributed by atoms with van der Waals surface area (Å²) in [6.07, 6.45) is 1.51. The van der Waals surface area contributed by atoms with E-state index in [4.69, 9.17) is 11.6 Å². The lowest BCUT2D eigenvalue weighted by molar-refractivity contribution is 0.470. The van der Waals surface area contributed by atoms with Crippen molar-refractivity contribution in [3.05, 3.63) is 34.8 Å². The molecule has 3 aromatic rings. The van der Waals surface area contributed by atoms with E-state index >= 15 is 0 Å². The maximum Gasteiger partial charge on any atom is 0.192 e. The molecule has 3 rings (SSSR count). The van der Waals surface area contributed by atoms with Crippen molar-refractivity contribution in [2.24, 2.45) is 0 Å². The van der Waals surface area contributed by atoms with Gasteiger partial charge in [0.1, 0.15) is 5.75 Å². The zero-order valence-electron chi connectivity index (χ0n) is 7.96. The molecule has 3 aromatic heterocycles. The smallest absolute Gasteiger partial charge is 0.192 e. The molecule has 0 amide bonds. The quantitative estimate of drug-likeness (QED) is 0.724. The van der Waals surface area contributed by atoms with Gasteiger partial charge in [-0.15, -0.1) is 16.4 Å². The van der Waals surface area contributed by atoms with Crippen molar-refractivity contribution in [3.8, 4) is 16.5 Å². The van der Waals surface area contributed by atoms with Crippen LogP contribution in [0.3, 0.4) is 0 Å². The summed E-state index contributed by atoms with van der Waals surface area (Å²) >= 11 is 7.28. The third kappa shape index (κ3) is 1.54. The van der Waals surface area contributed by atoms with Gasteiger partial charge in [-0.1, -0.05) is 11.6 Å². The minimum absolute atomic E-state index is 0.160. The Hall–Kier alpha value is -1.59. The minimum Gasteiger partial charge on any atom is -0.506 e. The molecule has 3 heterocycles. The van der Waals surface area contributed by atoms with E-state index in [2.05, 4.69) is 10.1 Å². The molecule has 0 aliphatic rings. The first-order valence-corrected chi connectivity index (χ1v) is 5.73. The maximum absolute atomic E-state index is 9.31. The summed E-state index contributed by atoms with van der Waals surface area (Å²) in [5.41, 5.74) is 0.692. The molecule has 0 aliphatic heterocycles. The Morgan fingerprint density at radius 3 is 2.88 bits per heavy atom. The molecule has 0 fully saturated rings. The number of hydrogen-bond donors (Lipinski definition) is 1. The molecular formula is C10H6ClN3OS. The average molecular weight is 252 g/mol. The van der Waals surface area contributed by atoms with E-state index in [1.165, 1.54) is 22.0 Å². The predicted octanol–water partition coefficient (Wildman–Crippen LogP) is 2.82. The fraction of sp³-hybridized carbons (Fsp3) is 0. The van der Waals surface area contributed by atoms with Crippen LogP contribution in [-0.2, 0) is 0 Å². The zero-order chi connectivity index (χ0) is 11.1. The zero-order valence-corrected chi connectivity index (χ0v) is 9.53. The molecule has 0 atom stereocenters. The predicted molar refractivity (Wildman–Crippen MR) is 63.0 cm³/mol. The van der Waals surface area contributed by atoms with E-state index in [0.717, 1.165) is 4.88 Å². The van der Waals surface area contributed by atoms with E-state index in [0.29, 0.717) is 15.8 Å². The van der Waals surface area contributed by atoms with Crippen molar-refractivity contribution < 1.29 is 5.11 Å². The van der Waals surface area contributed by atoms with Crippen LogP contribution in [0.4, 0.5) is 0 Å². The summed E-state index contributed by atoms with van der Waals surface area (Å²) in [6.45, 7) is 0. The minimum atomic E-state index is 0.160. The van der Waals surface area contributed by atoms with Crippen LogP contribution >= 0.6 is 22.9 Å². The van der Waals surface area contributed by atoms with Crippen molar-refractivity contribution in [1.82, 2.24) is 14.6 Å². The molecule has 0 radical (unpaired) electrons. The molecule has 0 saturated heterocycles. The van der Waals surface area contributed by atoms with Crippen LogP contribution in [0.15, 0.2) is 30.5 Å². The third-order valence-corrected chi connectivity index (χ3v) is 3.34. The van der Waals surface area contributed by atoms with E-state index in [1.54, 1.807) is 12.1 Å².